The molecule has 0 spiro atoms. The van der Waals surface area contributed by atoms with Crippen molar-refractivity contribution >= 4 is 68.1 Å². The van der Waals surface area contributed by atoms with Gasteiger partial charge in [0.1, 0.15) is 12.4 Å². The third-order valence-corrected chi connectivity index (χ3v) is 12.7. The van der Waals surface area contributed by atoms with Gasteiger partial charge >= 0.3 is 4.87 Å². The van der Waals surface area contributed by atoms with Gasteiger partial charge in [-0.15, -0.1) is 11.8 Å². The minimum absolute atomic E-state index is 0.0288. The Morgan fingerprint density at radius 2 is 1.69 bits per heavy atom. The van der Waals surface area contributed by atoms with Gasteiger partial charge in [-0.2, -0.15) is 0 Å². The van der Waals surface area contributed by atoms with Crippen LogP contribution < -0.4 is 14.5 Å². The molecular weight excluding hydrogens is 656 g/mol. The van der Waals surface area contributed by atoms with Gasteiger partial charge in [-0.3, -0.25) is 19.3 Å². The van der Waals surface area contributed by atoms with Crippen molar-refractivity contribution in [3.05, 3.63) is 108 Å². The maximum Gasteiger partial charge on any atom is 0.305 e. The molecule has 2 amide bonds. The van der Waals surface area contributed by atoms with Crippen LogP contribution in [0.25, 0.3) is 0 Å². The maximum atomic E-state index is 14.0. The number of amides is 2. The number of imide groups is 1. The van der Waals surface area contributed by atoms with Crippen molar-refractivity contribution < 1.29 is 14.3 Å². The van der Waals surface area contributed by atoms with Gasteiger partial charge in [0, 0.05) is 31.1 Å². The number of thiazole rings is 1. The molecule has 5 unspecified atom stereocenters. The minimum atomic E-state index is -0.352. The summed E-state index contributed by atoms with van der Waals surface area (Å²) in [4.78, 5) is 45.9. The second-order valence-corrected chi connectivity index (χ2v) is 15.0. The molecule has 10 heteroatoms. The van der Waals surface area contributed by atoms with Crippen LogP contribution in [0.15, 0.2) is 87.1 Å². The Kier molecular flexibility index (Phi) is 6.44. The van der Waals surface area contributed by atoms with Crippen molar-refractivity contribution in [3.63, 3.8) is 0 Å². The largest absolute Gasteiger partial charge is 0.489 e. The molecule has 3 fully saturated rings. The number of halogens is 2. The van der Waals surface area contributed by atoms with Crippen LogP contribution in [0.4, 0.5) is 5.69 Å². The lowest BCUT2D eigenvalue weighted by Gasteiger charge is -2.43. The van der Waals surface area contributed by atoms with E-state index in [1.165, 1.54) is 16.2 Å². The minimum Gasteiger partial charge on any atom is -0.489 e. The van der Waals surface area contributed by atoms with Crippen LogP contribution in [0.1, 0.15) is 28.3 Å². The molecule has 2 aliphatic carbocycles. The standard InChI is InChI=1S/C32H24BrClN2O4S2/c33-16-8-11-22(40-14-15-6-9-17(34)10-7-15)19(12-16)23-24-20-13-21(27(24)41-29-28(23)42-32(39)35-29)26-25(20)30(37)36(31(26)38)18-4-2-1-3-5-18/h1-12,20-21,23-27H,13-14H2,(H,35,39)/t20-,21-,23?,24?,25?,26?,27?/m1/s1. The topological polar surface area (TPSA) is 79.5 Å². The Hall–Kier alpha value is -2.85. The first-order valence-electron chi connectivity index (χ1n) is 13.9. The quantitative estimate of drug-likeness (QED) is 0.228. The Morgan fingerprint density at radius 1 is 0.952 bits per heavy atom. The molecule has 2 saturated carbocycles. The van der Waals surface area contributed by atoms with E-state index >= 15 is 0 Å². The van der Waals surface area contributed by atoms with Gasteiger partial charge in [-0.05, 0) is 72.2 Å². The average molecular weight is 680 g/mol. The number of hydrogen-bond donors (Lipinski definition) is 1. The van der Waals surface area contributed by atoms with Crippen molar-refractivity contribution in [2.75, 3.05) is 4.90 Å². The lowest BCUT2D eigenvalue weighted by Crippen LogP contribution is -2.42. The fourth-order valence-corrected chi connectivity index (χ4v) is 11.2. The molecule has 4 aromatic rings. The number of carbonyl (C=O) groups excluding carboxylic acids is 2. The SMILES string of the molecule is O=C1C2C(C(=O)N1c1ccccc1)[C@@H]1C[C@H]2C2Sc3[nH]c(=O)sc3C(c3cc(Br)ccc3OCc3ccc(Cl)cc3)C21. The summed E-state index contributed by atoms with van der Waals surface area (Å²) < 4.78 is 7.35. The van der Waals surface area contributed by atoms with E-state index in [1.807, 2.05) is 66.7 Å². The molecule has 212 valence electrons. The van der Waals surface area contributed by atoms with Gasteiger partial charge in [-0.1, -0.05) is 69.2 Å². The van der Waals surface area contributed by atoms with E-state index < -0.39 is 0 Å². The molecule has 1 N–H and O–H groups in total. The van der Waals surface area contributed by atoms with Crippen LogP contribution >= 0.6 is 50.6 Å². The van der Waals surface area contributed by atoms with E-state index in [9.17, 15) is 14.4 Å². The highest BCUT2D eigenvalue weighted by Gasteiger charge is 2.69. The summed E-state index contributed by atoms with van der Waals surface area (Å²) >= 11 is 12.7. The number of rotatable bonds is 5. The number of ether oxygens (including phenoxy) is 1. The van der Waals surface area contributed by atoms with Gasteiger partial charge in [0.05, 0.1) is 22.5 Å². The zero-order valence-electron chi connectivity index (χ0n) is 22.0. The van der Waals surface area contributed by atoms with Crippen LogP contribution in [-0.4, -0.2) is 22.0 Å². The average Bonchev–Trinajstić information content (AvgIpc) is 3.72. The Balaban J connectivity index is 1.20. The normalized spacial score (nSPS) is 29.0. The smallest absolute Gasteiger partial charge is 0.305 e. The molecule has 6 nitrogen and oxygen atoms in total. The lowest BCUT2D eigenvalue weighted by molar-refractivity contribution is -0.123. The number of hydrogen-bond acceptors (Lipinski definition) is 6. The van der Waals surface area contributed by atoms with Crippen molar-refractivity contribution in [1.29, 1.82) is 0 Å². The highest BCUT2D eigenvalue weighted by molar-refractivity contribution is 9.10. The molecular formula is C32H24BrClN2O4S2. The van der Waals surface area contributed by atoms with E-state index in [0.717, 1.165) is 37.7 Å². The first-order valence-corrected chi connectivity index (χ1v) is 16.7. The number of H-pyrrole nitrogens is 1. The summed E-state index contributed by atoms with van der Waals surface area (Å²) in [6, 6.07) is 22.9. The van der Waals surface area contributed by atoms with Crippen molar-refractivity contribution in [2.24, 2.45) is 29.6 Å². The van der Waals surface area contributed by atoms with E-state index in [-0.39, 0.29) is 57.4 Å². The first-order chi connectivity index (χ1) is 20.4. The lowest BCUT2D eigenvalue weighted by atomic mass is 9.68. The van der Waals surface area contributed by atoms with Crippen molar-refractivity contribution in [1.82, 2.24) is 4.98 Å². The molecule has 42 heavy (non-hydrogen) atoms. The monoisotopic (exact) mass is 678 g/mol. The number of aromatic nitrogens is 1. The number of benzene rings is 3. The predicted molar refractivity (Wildman–Crippen MR) is 167 cm³/mol. The number of anilines is 1. The molecule has 4 aliphatic rings. The van der Waals surface area contributed by atoms with Crippen LogP contribution in [0.5, 0.6) is 5.75 Å². The second kappa shape index (κ2) is 10.1. The molecule has 8 rings (SSSR count). The summed E-state index contributed by atoms with van der Waals surface area (Å²) in [5.41, 5.74) is 2.63. The number of para-hydroxylation sites is 1. The van der Waals surface area contributed by atoms with Gasteiger partial charge < -0.3 is 9.72 Å². The van der Waals surface area contributed by atoms with Gasteiger partial charge in [0.2, 0.25) is 11.8 Å². The van der Waals surface area contributed by atoms with Crippen molar-refractivity contribution in [3.8, 4) is 5.75 Å². The van der Waals surface area contributed by atoms with Crippen LogP contribution in [0.3, 0.4) is 0 Å². The third-order valence-electron chi connectivity index (χ3n) is 9.35. The van der Waals surface area contributed by atoms with Gasteiger partial charge in [-0.25, -0.2) is 0 Å². The molecule has 2 bridgehead atoms. The predicted octanol–water partition coefficient (Wildman–Crippen LogP) is 7.11. The van der Waals surface area contributed by atoms with Crippen LogP contribution in [0.2, 0.25) is 5.02 Å². The maximum absolute atomic E-state index is 14.0. The second-order valence-electron chi connectivity index (χ2n) is 11.4. The Labute approximate surface area is 263 Å². The number of nitrogens with one attached hydrogen (secondary N) is 1. The van der Waals surface area contributed by atoms with Gasteiger partial charge in [0.15, 0.2) is 0 Å². The third kappa shape index (κ3) is 4.08. The molecule has 7 atom stereocenters. The highest BCUT2D eigenvalue weighted by atomic mass is 79.9. The van der Waals surface area contributed by atoms with E-state index in [0.29, 0.717) is 17.3 Å². The highest BCUT2D eigenvalue weighted by Crippen LogP contribution is 2.69. The van der Waals surface area contributed by atoms with E-state index in [2.05, 4.69) is 27.0 Å². The molecule has 2 aliphatic heterocycles. The Bertz CT molecular complexity index is 1790. The van der Waals surface area contributed by atoms with Crippen molar-refractivity contribution in [2.45, 2.75) is 29.2 Å². The molecule has 3 aromatic carbocycles. The number of carbonyl (C=O) groups is 2. The molecule has 0 radical (unpaired) electrons. The number of fused-ring (bicyclic) bond motifs is 9. The molecule has 1 aromatic heterocycles. The van der Waals surface area contributed by atoms with E-state index in [4.69, 9.17) is 16.3 Å². The molecule has 3 heterocycles. The zero-order valence-corrected chi connectivity index (χ0v) is 26.0. The number of thioether (sulfide) groups is 1. The summed E-state index contributed by atoms with van der Waals surface area (Å²) in [7, 11) is 0. The van der Waals surface area contributed by atoms with Crippen LogP contribution in [-0.2, 0) is 16.2 Å². The fraction of sp³-hybridized carbons (Fsp3) is 0.281. The number of aromatic amines is 1. The number of nitrogens with zero attached hydrogens (tertiary/aromatic N) is 1. The van der Waals surface area contributed by atoms with Crippen LogP contribution in [0, 0.1) is 29.6 Å². The van der Waals surface area contributed by atoms with Gasteiger partial charge in [0.25, 0.3) is 0 Å². The fourth-order valence-electron chi connectivity index (χ4n) is 7.83. The molecule has 1 saturated heterocycles. The first kappa shape index (κ1) is 26.8. The summed E-state index contributed by atoms with van der Waals surface area (Å²) in [5.74, 6) is -0.0780. The van der Waals surface area contributed by atoms with E-state index in [1.54, 1.807) is 11.8 Å². The summed E-state index contributed by atoms with van der Waals surface area (Å²) in [6.07, 6.45) is 0.836. The Morgan fingerprint density at radius 3 is 2.45 bits per heavy atom. The zero-order chi connectivity index (χ0) is 28.7. The summed E-state index contributed by atoms with van der Waals surface area (Å²) in [6.45, 7) is 0.368. The summed E-state index contributed by atoms with van der Waals surface area (Å²) in [5, 5.41) is 1.65.